The maximum atomic E-state index is 13.0. The van der Waals surface area contributed by atoms with E-state index in [1.54, 1.807) is 12.1 Å². The first-order valence-electron chi connectivity index (χ1n) is 11.3. The number of aliphatic hydroxyl groups excluding tert-OH is 4. The Morgan fingerprint density at radius 2 is 1.64 bits per heavy atom. The molecular formula is C25H19N3O8. The molecule has 0 bridgehead atoms. The summed E-state index contributed by atoms with van der Waals surface area (Å²) in [6, 6.07) is 10.7. The minimum Gasteiger partial charge on any atom is -0.394 e. The summed E-state index contributed by atoms with van der Waals surface area (Å²) in [5, 5.41) is 43.6. The van der Waals surface area contributed by atoms with Crippen LogP contribution in [0.25, 0.3) is 43.7 Å². The van der Waals surface area contributed by atoms with Crippen molar-refractivity contribution in [3.05, 3.63) is 53.7 Å². The number of aliphatic hydroxyl groups is 4. The summed E-state index contributed by atoms with van der Waals surface area (Å²) in [5.74, 6) is -1.56. The van der Waals surface area contributed by atoms with Crippen molar-refractivity contribution in [2.24, 2.45) is 0 Å². The molecule has 3 aromatic heterocycles. The summed E-state index contributed by atoms with van der Waals surface area (Å²) in [6.45, 7) is -0.607. The van der Waals surface area contributed by atoms with E-state index >= 15 is 0 Å². The molecule has 36 heavy (non-hydrogen) atoms. The third-order valence-corrected chi connectivity index (χ3v) is 7.17. The Bertz CT molecular complexity index is 1750. The number of hydrogen-bond acceptors (Lipinski definition) is 9. The molecule has 5 heterocycles. The van der Waals surface area contributed by atoms with E-state index in [0.29, 0.717) is 43.7 Å². The van der Waals surface area contributed by atoms with Crippen LogP contribution in [0.2, 0.25) is 0 Å². The Morgan fingerprint density at radius 1 is 0.917 bits per heavy atom. The highest BCUT2D eigenvalue weighted by Gasteiger charge is 2.46. The minimum absolute atomic E-state index is 0.0774. The van der Waals surface area contributed by atoms with Crippen molar-refractivity contribution in [2.75, 3.05) is 6.61 Å². The van der Waals surface area contributed by atoms with Crippen LogP contribution >= 0.6 is 0 Å². The number of benzene rings is 2. The summed E-state index contributed by atoms with van der Waals surface area (Å²) in [5.41, 5.74) is 2.09. The number of aromatic nitrogens is 3. The van der Waals surface area contributed by atoms with Crippen LogP contribution in [0.15, 0.2) is 42.6 Å². The number of nitrogens with zero attached hydrogens (tertiary/aromatic N) is 2. The van der Waals surface area contributed by atoms with Crippen LogP contribution in [0.5, 0.6) is 0 Å². The Morgan fingerprint density at radius 3 is 2.42 bits per heavy atom. The quantitative estimate of drug-likeness (QED) is 0.180. The van der Waals surface area contributed by atoms with Gasteiger partial charge in [-0.05, 0) is 18.2 Å². The fourth-order valence-electron chi connectivity index (χ4n) is 5.60. The van der Waals surface area contributed by atoms with Gasteiger partial charge in [0.15, 0.2) is 6.23 Å². The highest BCUT2D eigenvalue weighted by molar-refractivity contribution is 6.36. The molecule has 0 aliphatic carbocycles. The largest absolute Gasteiger partial charge is 0.394 e. The Kier molecular flexibility index (Phi) is 4.36. The standard InChI is InChI=1S/C25H19N3O8/c29-8-12-19(30)20(31)21(32)23(35-12)28-18-14(10-5-3-7-26-22(10)28)16-15(24(33)36-25(16)34)13-9-4-1-2-6-11(9)27-17(13)18/h1-7,12,19-21,23,27,29-32H,8H2/t12-,19-,20+,21-,23?/m1/s1. The normalized spacial score (nSPS) is 26.4. The summed E-state index contributed by atoms with van der Waals surface area (Å²) >= 11 is 0. The molecule has 7 rings (SSSR count). The number of rotatable bonds is 2. The maximum Gasteiger partial charge on any atom is 0.347 e. The molecule has 0 saturated carbocycles. The Hall–Kier alpha value is -3.87. The lowest BCUT2D eigenvalue weighted by Gasteiger charge is -2.40. The maximum absolute atomic E-state index is 13.0. The first kappa shape index (κ1) is 21.4. The predicted molar refractivity (Wildman–Crippen MR) is 125 cm³/mol. The van der Waals surface area contributed by atoms with Gasteiger partial charge in [0.05, 0.1) is 28.8 Å². The fraction of sp³-hybridized carbons (Fsp3) is 0.240. The molecule has 11 heteroatoms. The molecule has 2 aliphatic rings. The first-order chi connectivity index (χ1) is 17.4. The van der Waals surface area contributed by atoms with Gasteiger partial charge < -0.3 is 34.9 Å². The first-order valence-corrected chi connectivity index (χ1v) is 11.3. The molecule has 11 nitrogen and oxygen atoms in total. The number of carbonyl (C=O) groups excluding carboxylic acids is 2. The SMILES string of the molecule is O=C1OC(=O)c2c1c1c3ccccc3[nH]c1c1c2c2cccnc2n1C1O[C@H](CO)[C@@H](O)[C@H](O)[C@H]1O. The minimum atomic E-state index is -1.63. The number of fused-ring (bicyclic) bond motifs is 10. The van der Waals surface area contributed by atoms with Gasteiger partial charge in [-0.1, -0.05) is 18.2 Å². The molecule has 182 valence electrons. The van der Waals surface area contributed by atoms with Crippen molar-refractivity contribution < 1.29 is 39.5 Å². The highest BCUT2D eigenvalue weighted by atomic mass is 16.6. The van der Waals surface area contributed by atoms with Gasteiger partial charge in [-0.2, -0.15) is 0 Å². The van der Waals surface area contributed by atoms with E-state index in [1.165, 1.54) is 10.8 Å². The summed E-state index contributed by atoms with van der Waals surface area (Å²) in [7, 11) is 0. The molecule has 5 N–H and O–H groups in total. The van der Waals surface area contributed by atoms with E-state index in [1.807, 2.05) is 24.3 Å². The zero-order chi connectivity index (χ0) is 24.9. The van der Waals surface area contributed by atoms with E-state index in [9.17, 15) is 30.0 Å². The molecule has 5 atom stereocenters. The fourth-order valence-corrected chi connectivity index (χ4v) is 5.60. The van der Waals surface area contributed by atoms with E-state index < -0.39 is 49.2 Å². The van der Waals surface area contributed by atoms with Gasteiger partial charge in [0, 0.05) is 33.3 Å². The van der Waals surface area contributed by atoms with Crippen molar-refractivity contribution in [1.29, 1.82) is 0 Å². The van der Waals surface area contributed by atoms with Crippen LogP contribution in [-0.2, 0) is 9.47 Å². The molecular weight excluding hydrogens is 470 g/mol. The Labute approximate surface area is 201 Å². The van der Waals surface area contributed by atoms with Crippen LogP contribution in [-0.4, -0.2) is 77.9 Å². The molecule has 2 aliphatic heterocycles. The number of ether oxygens (including phenoxy) is 2. The third kappa shape index (κ3) is 2.55. The lowest BCUT2D eigenvalue weighted by Crippen LogP contribution is -2.56. The van der Waals surface area contributed by atoms with Crippen LogP contribution in [0.4, 0.5) is 0 Å². The van der Waals surface area contributed by atoms with Crippen molar-refractivity contribution in [2.45, 2.75) is 30.6 Å². The molecule has 0 amide bonds. The molecule has 1 unspecified atom stereocenters. The van der Waals surface area contributed by atoms with E-state index in [-0.39, 0.29) is 11.1 Å². The smallest absolute Gasteiger partial charge is 0.347 e. The predicted octanol–water partition coefficient (Wildman–Crippen LogP) is 1.11. The number of H-pyrrole nitrogens is 1. The van der Waals surface area contributed by atoms with Crippen LogP contribution in [0, 0.1) is 0 Å². The van der Waals surface area contributed by atoms with E-state index in [0.717, 1.165) is 0 Å². The van der Waals surface area contributed by atoms with Crippen LogP contribution in [0.3, 0.4) is 0 Å². The van der Waals surface area contributed by atoms with Gasteiger partial charge in [-0.3, -0.25) is 4.57 Å². The van der Waals surface area contributed by atoms with Crippen molar-refractivity contribution in [3.63, 3.8) is 0 Å². The molecule has 1 saturated heterocycles. The molecule has 2 aromatic carbocycles. The number of para-hydroxylation sites is 1. The highest BCUT2D eigenvalue weighted by Crippen LogP contribution is 2.46. The lowest BCUT2D eigenvalue weighted by molar-refractivity contribution is -0.249. The topological polar surface area (TPSA) is 167 Å². The number of aromatic amines is 1. The zero-order valence-corrected chi connectivity index (χ0v) is 18.5. The number of cyclic esters (lactones) is 2. The van der Waals surface area contributed by atoms with Crippen molar-refractivity contribution >= 4 is 55.7 Å². The molecule has 0 spiro atoms. The van der Waals surface area contributed by atoms with Crippen LogP contribution in [0.1, 0.15) is 26.9 Å². The zero-order valence-electron chi connectivity index (χ0n) is 18.5. The Balaban J connectivity index is 1.70. The molecule has 5 aromatic rings. The van der Waals surface area contributed by atoms with Gasteiger partial charge in [0.2, 0.25) is 0 Å². The lowest BCUT2D eigenvalue weighted by atomic mass is 9.96. The van der Waals surface area contributed by atoms with Gasteiger partial charge >= 0.3 is 11.9 Å². The second-order valence-electron chi connectivity index (χ2n) is 9.04. The number of nitrogens with one attached hydrogen (secondary N) is 1. The van der Waals surface area contributed by atoms with Gasteiger partial charge in [0.1, 0.15) is 30.1 Å². The van der Waals surface area contributed by atoms with Gasteiger partial charge in [-0.25, -0.2) is 14.6 Å². The average Bonchev–Trinajstić information content (AvgIpc) is 3.52. The summed E-state index contributed by atoms with van der Waals surface area (Å²) in [4.78, 5) is 33.7. The van der Waals surface area contributed by atoms with E-state index in [2.05, 4.69) is 9.97 Å². The summed E-state index contributed by atoms with van der Waals surface area (Å²) < 4.78 is 12.5. The second-order valence-corrected chi connectivity index (χ2v) is 9.04. The second kappa shape index (κ2) is 7.32. The summed E-state index contributed by atoms with van der Waals surface area (Å²) in [6.07, 6.45) is -5.72. The van der Waals surface area contributed by atoms with Crippen molar-refractivity contribution in [1.82, 2.24) is 14.5 Å². The molecule has 1 fully saturated rings. The van der Waals surface area contributed by atoms with Gasteiger partial charge in [-0.15, -0.1) is 0 Å². The number of hydrogen-bond donors (Lipinski definition) is 5. The van der Waals surface area contributed by atoms with Gasteiger partial charge in [0.25, 0.3) is 0 Å². The van der Waals surface area contributed by atoms with E-state index in [4.69, 9.17) is 9.47 Å². The third-order valence-electron chi connectivity index (χ3n) is 7.17. The monoisotopic (exact) mass is 489 g/mol. The number of esters is 2. The number of carbonyl (C=O) groups is 2. The van der Waals surface area contributed by atoms with Crippen LogP contribution < -0.4 is 0 Å². The number of pyridine rings is 1. The van der Waals surface area contributed by atoms with Crippen molar-refractivity contribution in [3.8, 4) is 0 Å². The average molecular weight is 489 g/mol. The molecule has 0 radical (unpaired) electrons.